The highest BCUT2D eigenvalue weighted by atomic mass is 16.6. The Labute approximate surface area is 465 Å². The average molecular weight is 1050 g/mol. The van der Waals surface area contributed by atoms with Crippen molar-refractivity contribution < 1.29 is 28.6 Å². The second kappa shape index (κ2) is 63.4. The van der Waals surface area contributed by atoms with Crippen LogP contribution in [0, 0.1) is 0 Å². The van der Waals surface area contributed by atoms with Crippen LogP contribution in [0.5, 0.6) is 0 Å². The van der Waals surface area contributed by atoms with Crippen LogP contribution in [0.25, 0.3) is 0 Å². The van der Waals surface area contributed by atoms with Gasteiger partial charge in [0.2, 0.25) is 0 Å². The monoisotopic (exact) mass is 1050 g/mol. The van der Waals surface area contributed by atoms with Crippen molar-refractivity contribution in [3.05, 3.63) is 72.9 Å². The van der Waals surface area contributed by atoms with E-state index < -0.39 is 6.10 Å². The maximum Gasteiger partial charge on any atom is 0.306 e. The zero-order valence-corrected chi connectivity index (χ0v) is 49.8. The molecule has 6 heteroatoms. The highest BCUT2D eigenvalue weighted by Gasteiger charge is 2.19. The standard InChI is InChI=1S/C69H122O6/c1-4-7-10-13-16-19-22-24-26-28-30-31-32-33-34-35-36-37-39-40-42-44-47-50-53-56-59-62-68(71)74-65-66(64-73-67(70)61-58-55-52-49-46-21-18-15-12-9-6-3)75-69(72)63-60-57-54-51-48-45-43-41-38-29-27-25-23-20-17-14-11-8-5-2/h8,11,15,17-18,20,25,27-28,30,38,41,66H,4-7,9-10,12-14,16,19,21-24,26,29,31-37,39-40,42-65H2,1-3H3/b11-8-,18-15-,20-17-,27-25-,30-28-,41-38-. The number of esters is 3. The van der Waals surface area contributed by atoms with Crippen molar-refractivity contribution in [3.63, 3.8) is 0 Å². The van der Waals surface area contributed by atoms with E-state index in [-0.39, 0.29) is 31.1 Å². The smallest absolute Gasteiger partial charge is 0.306 e. The summed E-state index contributed by atoms with van der Waals surface area (Å²) >= 11 is 0. The number of carbonyl (C=O) groups excluding carboxylic acids is 3. The van der Waals surface area contributed by atoms with E-state index in [2.05, 4.69) is 93.7 Å². The molecular formula is C69H122O6. The van der Waals surface area contributed by atoms with E-state index in [4.69, 9.17) is 14.2 Å². The van der Waals surface area contributed by atoms with Gasteiger partial charge >= 0.3 is 17.9 Å². The summed E-state index contributed by atoms with van der Waals surface area (Å²) in [4.78, 5) is 38.2. The van der Waals surface area contributed by atoms with Gasteiger partial charge in [0.15, 0.2) is 6.10 Å². The molecule has 0 heterocycles. The molecule has 0 aromatic carbocycles. The van der Waals surface area contributed by atoms with E-state index in [1.807, 2.05) is 0 Å². The molecule has 75 heavy (non-hydrogen) atoms. The third-order valence-corrected chi connectivity index (χ3v) is 14.2. The van der Waals surface area contributed by atoms with Crippen molar-refractivity contribution in [2.75, 3.05) is 13.2 Å². The van der Waals surface area contributed by atoms with Crippen LogP contribution in [0.15, 0.2) is 72.9 Å². The molecule has 0 spiro atoms. The van der Waals surface area contributed by atoms with Crippen LogP contribution in [0.1, 0.15) is 329 Å². The molecule has 0 aliphatic heterocycles. The Hall–Kier alpha value is -3.15. The lowest BCUT2D eigenvalue weighted by molar-refractivity contribution is -0.167. The first kappa shape index (κ1) is 71.8. The molecule has 0 saturated heterocycles. The zero-order valence-electron chi connectivity index (χ0n) is 49.8. The molecule has 1 unspecified atom stereocenters. The Morgan fingerprint density at radius 3 is 0.867 bits per heavy atom. The number of carbonyl (C=O) groups is 3. The van der Waals surface area contributed by atoms with Gasteiger partial charge in [-0.25, -0.2) is 0 Å². The van der Waals surface area contributed by atoms with E-state index >= 15 is 0 Å². The van der Waals surface area contributed by atoms with E-state index in [0.29, 0.717) is 19.3 Å². The third kappa shape index (κ3) is 61.6. The van der Waals surface area contributed by atoms with Gasteiger partial charge in [0.1, 0.15) is 13.2 Å². The number of unbranched alkanes of at least 4 members (excludes halogenated alkanes) is 36. The molecule has 0 aromatic heterocycles. The highest BCUT2D eigenvalue weighted by molar-refractivity contribution is 5.71. The maximum absolute atomic E-state index is 12.9. The molecule has 1 atom stereocenters. The molecule has 0 saturated carbocycles. The summed E-state index contributed by atoms with van der Waals surface area (Å²) in [6.07, 6.45) is 82.1. The summed E-state index contributed by atoms with van der Waals surface area (Å²) in [7, 11) is 0. The molecule has 0 radical (unpaired) electrons. The Balaban J connectivity index is 4.23. The maximum atomic E-state index is 12.9. The summed E-state index contributed by atoms with van der Waals surface area (Å²) in [5.74, 6) is -0.893. The zero-order chi connectivity index (χ0) is 54.3. The quantitative estimate of drug-likeness (QED) is 0.0261. The molecule has 0 aromatic rings. The Morgan fingerprint density at radius 1 is 0.280 bits per heavy atom. The van der Waals surface area contributed by atoms with Gasteiger partial charge < -0.3 is 14.2 Å². The number of rotatable bonds is 59. The van der Waals surface area contributed by atoms with Crippen molar-refractivity contribution in [1.82, 2.24) is 0 Å². The second-order valence-corrected chi connectivity index (χ2v) is 21.6. The normalized spacial score (nSPS) is 12.5. The van der Waals surface area contributed by atoms with Crippen molar-refractivity contribution in [1.29, 1.82) is 0 Å². The summed E-state index contributed by atoms with van der Waals surface area (Å²) in [6, 6.07) is 0. The van der Waals surface area contributed by atoms with Crippen LogP contribution < -0.4 is 0 Å². The first-order valence-corrected chi connectivity index (χ1v) is 32.4. The first-order chi connectivity index (χ1) is 37.0. The lowest BCUT2D eigenvalue weighted by Crippen LogP contribution is -2.30. The highest BCUT2D eigenvalue weighted by Crippen LogP contribution is 2.17. The van der Waals surface area contributed by atoms with Crippen LogP contribution in [0.4, 0.5) is 0 Å². The minimum atomic E-state index is -0.786. The fourth-order valence-electron chi connectivity index (χ4n) is 9.29. The van der Waals surface area contributed by atoms with Gasteiger partial charge in [-0.05, 0) is 103 Å². The summed E-state index contributed by atoms with van der Waals surface area (Å²) < 4.78 is 16.9. The van der Waals surface area contributed by atoms with Gasteiger partial charge in [-0.2, -0.15) is 0 Å². The van der Waals surface area contributed by atoms with E-state index in [0.717, 1.165) is 103 Å². The van der Waals surface area contributed by atoms with Gasteiger partial charge in [0, 0.05) is 19.3 Å². The van der Waals surface area contributed by atoms with Gasteiger partial charge in [0.25, 0.3) is 0 Å². The minimum absolute atomic E-state index is 0.0820. The predicted molar refractivity (Wildman–Crippen MR) is 325 cm³/mol. The van der Waals surface area contributed by atoms with E-state index in [1.54, 1.807) is 0 Å². The third-order valence-electron chi connectivity index (χ3n) is 14.2. The number of allylic oxidation sites excluding steroid dienone is 12. The van der Waals surface area contributed by atoms with Gasteiger partial charge in [0.05, 0.1) is 0 Å². The fourth-order valence-corrected chi connectivity index (χ4v) is 9.29. The Kier molecular flexibility index (Phi) is 60.7. The molecule has 0 amide bonds. The van der Waals surface area contributed by atoms with Crippen LogP contribution in [0.3, 0.4) is 0 Å². The molecule has 434 valence electrons. The molecule has 0 N–H and O–H groups in total. The largest absolute Gasteiger partial charge is 0.462 e. The van der Waals surface area contributed by atoms with Gasteiger partial charge in [-0.1, -0.05) is 280 Å². The Morgan fingerprint density at radius 2 is 0.533 bits per heavy atom. The lowest BCUT2D eigenvalue weighted by Gasteiger charge is -2.18. The van der Waals surface area contributed by atoms with E-state index in [1.165, 1.54) is 186 Å². The molecule has 0 aliphatic carbocycles. The minimum Gasteiger partial charge on any atom is -0.462 e. The predicted octanol–water partition coefficient (Wildman–Crippen LogP) is 22.1. The van der Waals surface area contributed by atoms with Crippen molar-refractivity contribution in [3.8, 4) is 0 Å². The molecule has 6 nitrogen and oxygen atoms in total. The molecule has 0 rings (SSSR count). The van der Waals surface area contributed by atoms with Gasteiger partial charge in [-0.15, -0.1) is 0 Å². The molecular weight excluding hydrogens is 925 g/mol. The SMILES string of the molecule is CC/C=C\C/C=C\C/C=C\C/C=C\CCCCCCCCC(=O)OC(COC(=O)CCCCCCC/C=C\CCCC)COC(=O)CCCCCCCCCCCCCCCCC/C=C\CCCCCCCCCC. The fraction of sp³-hybridized carbons (Fsp3) is 0.783. The molecule has 0 aliphatic rings. The van der Waals surface area contributed by atoms with Crippen LogP contribution >= 0.6 is 0 Å². The molecule has 0 bridgehead atoms. The summed E-state index contributed by atoms with van der Waals surface area (Å²) in [5.41, 5.74) is 0. The topological polar surface area (TPSA) is 78.9 Å². The molecule has 0 fully saturated rings. The van der Waals surface area contributed by atoms with Crippen LogP contribution in [0.2, 0.25) is 0 Å². The summed E-state index contributed by atoms with van der Waals surface area (Å²) in [5, 5.41) is 0. The second-order valence-electron chi connectivity index (χ2n) is 21.6. The van der Waals surface area contributed by atoms with Crippen molar-refractivity contribution in [2.24, 2.45) is 0 Å². The average Bonchev–Trinajstić information content (AvgIpc) is 3.41. The Bertz CT molecular complexity index is 1390. The van der Waals surface area contributed by atoms with Crippen LogP contribution in [-0.2, 0) is 28.6 Å². The number of hydrogen-bond donors (Lipinski definition) is 0. The van der Waals surface area contributed by atoms with Gasteiger partial charge in [-0.3, -0.25) is 14.4 Å². The summed E-state index contributed by atoms with van der Waals surface area (Å²) in [6.45, 7) is 6.50. The number of ether oxygens (including phenoxy) is 3. The van der Waals surface area contributed by atoms with Crippen molar-refractivity contribution in [2.45, 2.75) is 335 Å². The lowest BCUT2D eigenvalue weighted by atomic mass is 10.0. The van der Waals surface area contributed by atoms with Crippen molar-refractivity contribution >= 4 is 17.9 Å². The number of hydrogen-bond acceptors (Lipinski definition) is 6. The first-order valence-electron chi connectivity index (χ1n) is 32.4. The van der Waals surface area contributed by atoms with Crippen LogP contribution in [-0.4, -0.2) is 37.2 Å². The van der Waals surface area contributed by atoms with E-state index in [9.17, 15) is 14.4 Å².